The van der Waals surface area contributed by atoms with Gasteiger partial charge in [0.25, 0.3) is 11.8 Å². The van der Waals surface area contributed by atoms with Crippen molar-refractivity contribution < 1.29 is 53.2 Å². The summed E-state index contributed by atoms with van der Waals surface area (Å²) in [5.74, 6) is -1.69. The number of aromatic amines is 1. The number of ketones is 1. The minimum Gasteiger partial charge on any atom is -0.508 e. The molecule has 79 heavy (non-hydrogen) atoms. The van der Waals surface area contributed by atoms with E-state index in [2.05, 4.69) is 30.8 Å². The highest BCUT2D eigenvalue weighted by molar-refractivity contribution is 7.80. The van der Waals surface area contributed by atoms with Crippen LogP contribution in [0.5, 0.6) is 17.2 Å². The molecule has 5 aromatic carbocycles. The molecule has 1 aliphatic heterocycles. The summed E-state index contributed by atoms with van der Waals surface area (Å²) in [5.41, 5.74) is 5.57. The fourth-order valence-electron chi connectivity index (χ4n) is 10.0. The van der Waals surface area contributed by atoms with Crippen LogP contribution in [0.2, 0.25) is 0 Å². The molecule has 0 bridgehead atoms. The van der Waals surface area contributed by atoms with Gasteiger partial charge >= 0.3 is 11.9 Å². The van der Waals surface area contributed by atoms with Crippen molar-refractivity contribution in [1.82, 2.24) is 30.5 Å². The minimum absolute atomic E-state index is 0.0115. The van der Waals surface area contributed by atoms with Crippen molar-refractivity contribution in [3.63, 3.8) is 0 Å². The summed E-state index contributed by atoms with van der Waals surface area (Å²) >= 11 is 5.48. The number of thiocarbonyl (C=S) groups is 1. The third kappa shape index (κ3) is 11.9. The average Bonchev–Trinajstić information content (AvgIpc) is 4.23. The van der Waals surface area contributed by atoms with Crippen molar-refractivity contribution in [3.05, 3.63) is 148 Å². The van der Waals surface area contributed by atoms with E-state index in [1.165, 1.54) is 37.3 Å². The van der Waals surface area contributed by atoms with E-state index in [0.717, 1.165) is 48.7 Å². The largest absolute Gasteiger partial charge is 0.508 e. The zero-order chi connectivity index (χ0) is 55.3. The van der Waals surface area contributed by atoms with E-state index in [4.69, 9.17) is 31.1 Å². The van der Waals surface area contributed by atoms with Crippen molar-refractivity contribution in [2.75, 3.05) is 31.6 Å². The molecule has 0 unspecified atom stereocenters. The molecule has 8 N–H and O–H groups in total. The minimum atomic E-state index is -1.26. The van der Waals surface area contributed by atoms with E-state index < -0.39 is 23.9 Å². The number of carbonyl (C=O) groups excluding carboxylic acids is 3. The first-order valence-electron chi connectivity index (χ1n) is 25.6. The fraction of sp³-hybridized carbons (Fsp3) is 0.220. The predicted molar refractivity (Wildman–Crippen MR) is 300 cm³/mol. The Morgan fingerprint density at radius 3 is 2.34 bits per heavy atom. The van der Waals surface area contributed by atoms with E-state index >= 15 is 0 Å². The van der Waals surface area contributed by atoms with Gasteiger partial charge in [0.05, 0.1) is 16.6 Å². The number of phenolic OH excluding ortho intramolecular Hbond substituents is 1. The van der Waals surface area contributed by atoms with E-state index in [-0.39, 0.29) is 89.2 Å². The first-order chi connectivity index (χ1) is 38.1. The Morgan fingerprint density at radius 1 is 0.810 bits per heavy atom. The number of Topliss-reactive ketones (excluding diaryl/α,β-unsaturated/α-hetero) is 1. The third-order valence-corrected chi connectivity index (χ3v) is 14.0. The lowest BCUT2D eigenvalue weighted by atomic mass is 9.90. The number of hydrogen-bond donors (Lipinski definition) is 8. The molecule has 20 heteroatoms. The van der Waals surface area contributed by atoms with Crippen LogP contribution in [0.25, 0.3) is 66.7 Å². The van der Waals surface area contributed by atoms with Crippen LogP contribution in [0.3, 0.4) is 0 Å². The van der Waals surface area contributed by atoms with E-state index in [1.54, 1.807) is 72.9 Å². The standard InChI is InChI=1S/C59H53N7O12S/c1-32(67)30-76-41-15-19-47-45(28-41)35(29-62-47)24-49(58(74)75)65-56(71)34-9-20-50-48(23-34)64-55(66(50)37-5-3-2-4-6-37)33-7-13-40(14-8-33)77-31-53(70)60-21-22-61-59(79)63-36-10-16-42(46(25-36)57(72)73)54-43-17-11-38(68)26-51(43)78-52-27-39(69)12-18-44(52)54/h7-20,23,25-29,37,49,62,68H,2-6,21-22,24,30-31H2,1H3,(H,60,70)(H,65,71)(H,72,73)(H,74,75)(H2,61,63,79)/t49-/m0/s1. The number of aromatic hydroxyl groups is 1. The van der Waals surface area contributed by atoms with Crippen molar-refractivity contribution in [1.29, 1.82) is 0 Å². The van der Waals surface area contributed by atoms with Crippen molar-refractivity contribution >= 4 is 85.5 Å². The second-order valence-electron chi connectivity index (χ2n) is 19.3. The van der Waals surface area contributed by atoms with Gasteiger partial charge in [-0.2, -0.15) is 0 Å². The lowest BCUT2D eigenvalue weighted by molar-refractivity contribution is -0.139. The van der Waals surface area contributed by atoms with Crippen LogP contribution in [0.4, 0.5) is 5.69 Å². The number of aliphatic carboxylic acids is 1. The molecule has 1 fully saturated rings. The van der Waals surface area contributed by atoms with Crippen LogP contribution >= 0.6 is 12.2 Å². The number of imidazole rings is 1. The highest BCUT2D eigenvalue weighted by atomic mass is 32.1. The second kappa shape index (κ2) is 23.0. The SMILES string of the molecule is CC(=O)COc1ccc2[nH]cc(C[C@H](NC(=O)c3ccc4c(c3)nc(-c3ccc(OCC(=O)NCCNC(=S)Nc5ccc(-c6c7ccc(=O)cc-7oc7cc(O)ccc67)c(C(=O)O)c5)cc3)n4C3CCCCC3)C(=O)O)c2c1. The highest BCUT2D eigenvalue weighted by Gasteiger charge is 2.27. The molecule has 1 saturated carbocycles. The molecule has 1 atom stereocenters. The van der Waals surface area contributed by atoms with Gasteiger partial charge in [-0.15, -0.1) is 0 Å². The van der Waals surface area contributed by atoms with Crippen LogP contribution in [0.15, 0.2) is 131 Å². The molecule has 0 spiro atoms. The summed E-state index contributed by atoms with van der Waals surface area (Å²) < 4.78 is 19.5. The van der Waals surface area contributed by atoms with Gasteiger partial charge in [0.15, 0.2) is 22.9 Å². The average molecular weight is 1080 g/mol. The molecule has 19 nitrogen and oxygen atoms in total. The van der Waals surface area contributed by atoms with Gasteiger partial charge in [-0.25, -0.2) is 14.6 Å². The molecule has 0 radical (unpaired) electrons. The molecule has 2 aliphatic carbocycles. The number of carboxylic acid groups (broad SMARTS) is 2. The Balaban J connectivity index is 0.747. The number of fused-ring (bicyclic) bond motifs is 4. The number of anilines is 1. The van der Waals surface area contributed by atoms with E-state index in [0.29, 0.717) is 61.6 Å². The number of rotatable bonds is 19. The van der Waals surface area contributed by atoms with Gasteiger partial charge in [0, 0.05) is 88.1 Å². The van der Waals surface area contributed by atoms with E-state index in [9.17, 15) is 44.1 Å². The monoisotopic (exact) mass is 1080 g/mol. The van der Waals surface area contributed by atoms with Gasteiger partial charge < -0.3 is 60.0 Å². The van der Waals surface area contributed by atoms with Crippen LogP contribution in [0, 0.1) is 0 Å². The number of aromatic carboxylic acids is 1. The van der Waals surface area contributed by atoms with Crippen LogP contribution in [-0.4, -0.2) is 96.8 Å². The molecular weight excluding hydrogens is 1030 g/mol. The van der Waals surface area contributed by atoms with Crippen LogP contribution < -0.4 is 36.2 Å². The number of nitrogens with one attached hydrogen (secondary N) is 5. The lowest BCUT2D eigenvalue weighted by Crippen LogP contribution is -2.42. The summed E-state index contributed by atoms with van der Waals surface area (Å²) in [6, 6.07) is 30.1. The summed E-state index contributed by atoms with van der Waals surface area (Å²) in [4.78, 5) is 83.7. The predicted octanol–water partition coefficient (Wildman–Crippen LogP) is 8.85. The second-order valence-corrected chi connectivity index (χ2v) is 19.7. The lowest BCUT2D eigenvalue weighted by Gasteiger charge is -2.25. The zero-order valence-corrected chi connectivity index (χ0v) is 43.4. The van der Waals surface area contributed by atoms with Crippen molar-refractivity contribution in [2.24, 2.45) is 0 Å². The fourth-order valence-corrected chi connectivity index (χ4v) is 10.3. The molecule has 2 amide bonds. The Hall–Kier alpha value is -9.56. The number of carbonyl (C=O) groups is 5. The number of ether oxygens (including phenoxy) is 2. The number of aromatic nitrogens is 3. The van der Waals surface area contributed by atoms with E-state index in [1.807, 2.05) is 18.2 Å². The Labute approximate surface area is 455 Å². The van der Waals surface area contributed by atoms with Gasteiger partial charge in [-0.3, -0.25) is 19.2 Å². The quantitative estimate of drug-likeness (QED) is 0.0213. The maximum Gasteiger partial charge on any atom is 0.336 e. The summed E-state index contributed by atoms with van der Waals surface area (Å²) in [6.45, 7) is 1.50. The molecule has 3 heterocycles. The van der Waals surface area contributed by atoms with Gasteiger partial charge in [0.1, 0.15) is 47.1 Å². The summed E-state index contributed by atoms with van der Waals surface area (Å²) in [6.07, 6.45) is 6.87. The van der Waals surface area contributed by atoms with Crippen LogP contribution in [-0.2, 0) is 20.8 Å². The van der Waals surface area contributed by atoms with Gasteiger partial charge in [-0.1, -0.05) is 25.3 Å². The molecule has 402 valence electrons. The molecular formula is C59H53N7O12S. The number of carboxylic acids is 2. The number of benzene rings is 6. The number of amides is 2. The number of nitrogens with zero attached hydrogens (tertiary/aromatic N) is 2. The van der Waals surface area contributed by atoms with Crippen LogP contribution in [0.1, 0.15) is 71.3 Å². The summed E-state index contributed by atoms with van der Waals surface area (Å²) in [5, 5.41) is 43.6. The summed E-state index contributed by atoms with van der Waals surface area (Å²) in [7, 11) is 0. The third-order valence-electron chi connectivity index (χ3n) is 13.8. The molecule has 3 aliphatic rings. The number of hydrogen-bond acceptors (Lipinski definition) is 12. The molecule has 2 aromatic heterocycles. The Kier molecular flexibility index (Phi) is 15.4. The first-order valence-corrected chi connectivity index (χ1v) is 26.0. The number of H-pyrrole nitrogens is 1. The number of phenols is 1. The van der Waals surface area contributed by atoms with Gasteiger partial charge in [0.2, 0.25) is 0 Å². The topological polar surface area (TPSA) is 276 Å². The molecule has 10 rings (SSSR count). The highest BCUT2D eigenvalue weighted by Crippen LogP contribution is 2.43. The Morgan fingerprint density at radius 2 is 1.57 bits per heavy atom. The normalized spacial score (nSPS) is 13.0. The smallest absolute Gasteiger partial charge is 0.336 e. The van der Waals surface area contributed by atoms with Crippen molar-refractivity contribution in [3.8, 4) is 51.1 Å². The maximum atomic E-state index is 13.8. The van der Waals surface area contributed by atoms with Gasteiger partial charge in [-0.05, 0) is 140 Å². The Bertz CT molecular complexity index is 3880. The molecule has 0 saturated heterocycles. The molecule has 7 aromatic rings. The maximum absolute atomic E-state index is 13.8. The zero-order valence-electron chi connectivity index (χ0n) is 42.6. The van der Waals surface area contributed by atoms with Crippen molar-refractivity contribution in [2.45, 2.75) is 57.5 Å². The first kappa shape index (κ1) is 52.9.